The Morgan fingerprint density at radius 3 is 2.59 bits per heavy atom. The van der Waals surface area contributed by atoms with Gasteiger partial charge in [0.2, 0.25) is 0 Å². The van der Waals surface area contributed by atoms with Gasteiger partial charge in [0, 0.05) is 29.8 Å². The van der Waals surface area contributed by atoms with Crippen molar-refractivity contribution in [2.24, 2.45) is 0 Å². The van der Waals surface area contributed by atoms with Crippen molar-refractivity contribution in [3.8, 4) is 11.3 Å². The number of aliphatic hydroxyl groups excluding tert-OH is 1. The molecule has 0 amide bonds. The van der Waals surface area contributed by atoms with Gasteiger partial charge in [-0.05, 0) is 38.6 Å². The number of hydrogen-bond acceptors (Lipinski definition) is 8. The molecule has 3 aromatic heterocycles. The number of nitrogens with zero attached hydrogens (tertiary/aromatic N) is 4. The summed E-state index contributed by atoms with van der Waals surface area (Å²) in [6.07, 6.45) is 0.522. The minimum atomic E-state index is -5.08. The van der Waals surface area contributed by atoms with Crippen LogP contribution in [0.4, 0.5) is 19.0 Å². The lowest BCUT2D eigenvalue weighted by molar-refractivity contribution is -0.192. The van der Waals surface area contributed by atoms with Crippen LogP contribution >= 0.6 is 0 Å². The molecule has 3 aliphatic rings. The van der Waals surface area contributed by atoms with Crippen molar-refractivity contribution in [1.29, 1.82) is 0 Å². The highest BCUT2D eigenvalue weighted by atomic mass is 19.4. The third-order valence-corrected chi connectivity index (χ3v) is 6.48. The molecule has 3 aromatic rings. The third kappa shape index (κ3) is 3.78. The first-order valence-corrected chi connectivity index (χ1v) is 11.0. The van der Waals surface area contributed by atoms with Crippen LogP contribution < -0.4 is 11.1 Å². The predicted molar refractivity (Wildman–Crippen MR) is 113 cm³/mol. The van der Waals surface area contributed by atoms with E-state index in [-0.39, 0.29) is 0 Å². The van der Waals surface area contributed by atoms with E-state index in [1.807, 2.05) is 0 Å². The molecule has 34 heavy (non-hydrogen) atoms. The van der Waals surface area contributed by atoms with Crippen molar-refractivity contribution in [1.82, 2.24) is 25.0 Å². The molecule has 1 aliphatic heterocycles. The molecule has 0 aromatic carbocycles. The number of anilines is 1. The van der Waals surface area contributed by atoms with Gasteiger partial charge in [-0.3, -0.25) is 0 Å². The zero-order chi connectivity index (χ0) is 24.2. The summed E-state index contributed by atoms with van der Waals surface area (Å²) < 4.78 is 39.8. The van der Waals surface area contributed by atoms with Crippen LogP contribution in [-0.4, -0.2) is 55.1 Å². The first-order chi connectivity index (χ1) is 16.2. The largest absolute Gasteiger partial charge is 0.490 e. The van der Waals surface area contributed by atoms with Gasteiger partial charge in [-0.1, -0.05) is 5.16 Å². The molecule has 2 aliphatic carbocycles. The number of hydrogen-bond donors (Lipinski definition) is 4. The molecule has 4 heterocycles. The van der Waals surface area contributed by atoms with E-state index < -0.39 is 18.2 Å². The molecule has 1 saturated carbocycles. The van der Waals surface area contributed by atoms with Gasteiger partial charge in [0.15, 0.2) is 0 Å². The van der Waals surface area contributed by atoms with Gasteiger partial charge in [0.05, 0.1) is 17.1 Å². The van der Waals surface area contributed by atoms with Crippen LogP contribution in [-0.2, 0) is 11.2 Å². The van der Waals surface area contributed by atoms with Gasteiger partial charge in [0.1, 0.15) is 29.2 Å². The van der Waals surface area contributed by atoms with E-state index in [9.17, 15) is 18.3 Å². The van der Waals surface area contributed by atoms with Crippen molar-refractivity contribution in [2.75, 3.05) is 18.8 Å². The van der Waals surface area contributed by atoms with E-state index in [4.69, 9.17) is 20.2 Å². The molecule has 0 bridgehead atoms. The fraction of sp³-hybridized carbons (Fsp3) is 0.524. The fourth-order valence-corrected chi connectivity index (χ4v) is 4.83. The summed E-state index contributed by atoms with van der Waals surface area (Å²) >= 11 is 0. The minimum Gasteiger partial charge on any atom is -0.475 e. The van der Waals surface area contributed by atoms with E-state index in [0.29, 0.717) is 24.2 Å². The first kappa shape index (κ1) is 22.6. The maximum absolute atomic E-state index is 10.9. The van der Waals surface area contributed by atoms with Crippen molar-refractivity contribution in [3.63, 3.8) is 0 Å². The minimum absolute atomic E-state index is 0.319. The SMILES string of the molecule is Nc1ncnc2c1c1c(n2C2CCNC2)CCC(O)c2c-1noc2C1CC1.O=C(O)C(F)(F)F. The number of carboxylic acid groups (broad SMARTS) is 1. The Labute approximate surface area is 190 Å². The molecular formula is C21H23F3N6O4. The number of halogens is 3. The Morgan fingerprint density at radius 2 is 1.97 bits per heavy atom. The Bertz CT molecular complexity index is 1240. The lowest BCUT2D eigenvalue weighted by Crippen LogP contribution is -2.21. The number of alkyl halides is 3. The second kappa shape index (κ2) is 8.24. The number of nitrogen functional groups attached to an aromatic ring is 1. The van der Waals surface area contributed by atoms with Gasteiger partial charge >= 0.3 is 12.1 Å². The van der Waals surface area contributed by atoms with E-state index in [0.717, 1.165) is 78.1 Å². The third-order valence-electron chi connectivity index (χ3n) is 6.48. The van der Waals surface area contributed by atoms with Crippen LogP contribution in [0.5, 0.6) is 0 Å². The molecule has 6 rings (SSSR count). The van der Waals surface area contributed by atoms with Crippen LogP contribution in [0.3, 0.4) is 0 Å². The molecule has 182 valence electrons. The summed E-state index contributed by atoms with van der Waals surface area (Å²) in [5, 5.41) is 26.7. The number of aromatic nitrogens is 4. The molecule has 0 spiro atoms. The fourth-order valence-electron chi connectivity index (χ4n) is 4.83. The normalized spacial score (nSPS) is 22.0. The number of carbonyl (C=O) groups is 1. The molecule has 2 fully saturated rings. The lowest BCUT2D eigenvalue weighted by Gasteiger charge is -2.17. The molecule has 0 radical (unpaired) electrons. The van der Waals surface area contributed by atoms with Crippen LogP contribution in [0.25, 0.3) is 22.3 Å². The molecule has 5 N–H and O–H groups in total. The van der Waals surface area contributed by atoms with Crippen LogP contribution in [0.15, 0.2) is 10.9 Å². The number of carboxylic acids is 1. The quantitative estimate of drug-likeness (QED) is 0.434. The summed E-state index contributed by atoms with van der Waals surface area (Å²) in [6, 6.07) is 0.319. The summed E-state index contributed by atoms with van der Waals surface area (Å²) in [5.41, 5.74) is 10.8. The number of nitrogens with two attached hydrogens (primary N) is 1. The van der Waals surface area contributed by atoms with E-state index in [1.165, 1.54) is 6.33 Å². The topological polar surface area (TPSA) is 152 Å². The van der Waals surface area contributed by atoms with Crippen molar-refractivity contribution >= 4 is 22.8 Å². The van der Waals surface area contributed by atoms with Crippen molar-refractivity contribution in [3.05, 3.63) is 23.3 Å². The Balaban J connectivity index is 0.000000304. The van der Waals surface area contributed by atoms with Crippen LogP contribution in [0, 0.1) is 0 Å². The van der Waals surface area contributed by atoms with Gasteiger partial charge in [-0.2, -0.15) is 13.2 Å². The second-order valence-electron chi connectivity index (χ2n) is 8.74. The Kier molecular flexibility index (Phi) is 5.47. The zero-order valence-electron chi connectivity index (χ0n) is 18.0. The maximum atomic E-state index is 10.9. The van der Waals surface area contributed by atoms with Gasteiger partial charge in [-0.15, -0.1) is 0 Å². The number of aliphatic hydroxyl groups is 1. The molecule has 2 unspecified atom stereocenters. The number of aliphatic carboxylic acids is 1. The average Bonchev–Trinajstić information content (AvgIpc) is 3.20. The van der Waals surface area contributed by atoms with Crippen LogP contribution in [0.1, 0.15) is 60.8 Å². The molecular weight excluding hydrogens is 457 g/mol. The maximum Gasteiger partial charge on any atom is 0.490 e. The van der Waals surface area contributed by atoms with E-state index in [2.05, 4.69) is 25.0 Å². The highest BCUT2D eigenvalue weighted by Crippen LogP contribution is 2.50. The van der Waals surface area contributed by atoms with Gasteiger partial charge < -0.3 is 30.4 Å². The van der Waals surface area contributed by atoms with Gasteiger partial charge in [-0.25, -0.2) is 14.8 Å². The highest BCUT2D eigenvalue weighted by Gasteiger charge is 2.40. The zero-order valence-corrected chi connectivity index (χ0v) is 18.0. The average molecular weight is 480 g/mol. The summed E-state index contributed by atoms with van der Waals surface area (Å²) in [6.45, 7) is 1.89. The predicted octanol–water partition coefficient (Wildman–Crippen LogP) is 2.69. The summed E-state index contributed by atoms with van der Waals surface area (Å²) in [5.74, 6) is -1.06. The highest BCUT2D eigenvalue weighted by molar-refractivity contribution is 6.02. The number of nitrogens with one attached hydrogen (secondary N) is 1. The Morgan fingerprint density at radius 1 is 1.24 bits per heavy atom. The molecule has 2 atom stereocenters. The summed E-state index contributed by atoms with van der Waals surface area (Å²) in [7, 11) is 0. The van der Waals surface area contributed by atoms with E-state index in [1.54, 1.807) is 0 Å². The number of fused-ring (bicyclic) bond motifs is 5. The number of rotatable bonds is 2. The second-order valence-corrected chi connectivity index (χ2v) is 8.74. The van der Waals surface area contributed by atoms with Gasteiger partial charge in [0.25, 0.3) is 0 Å². The summed E-state index contributed by atoms with van der Waals surface area (Å²) in [4.78, 5) is 17.7. The molecule has 10 nitrogen and oxygen atoms in total. The molecule has 13 heteroatoms. The molecule has 1 saturated heterocycles. The standard InChI is InChI=1S/C19H22N6O2.C2HF3O2/c20-18-15-13-11(25(10-5-6-21-7-10)19(15)23-8-22-18)3-4-12(26)14-16(13)24-27-17(14)9-1-2-9;3-2(4,5)1(6)7/h8-10,12,21,26H,1-7H2,(H2,20,22,23);(H,6,7). The van der Waals surface area contributed by atoms with Crippen LogP contribution in [0.2, 0.25) is 0 Å². The lowest BCUT2D eigenvalue weighted by atomic mass is 10.0. The monoisotopic (exact) mass is 480 g/mol. The van der Waals surface area contributed by atoms with Crippen molar-refractivity contribution in [2.45, 2.75) is 56.3 Å². The Hall–Kier alpha value is -3.19. The smallest absolute Gasteiger partial charge is 0.475 e. The van der Waals surface area contributed by atoms with E-state index >= 15 is 0 Å². The first-order valence-electron chi connectivity index (χ1n) is 11.0. The van der Waals surface area contributed by atoms with Crippen molar-refractivity contribution < 1.29 is 32.7 Å².